The molecule has 4 aromatic rings. The zero-order valence-corrected chi connectivity index (χ0v) is 18.4. The molecular weight excluding hydrogens is 451 g/mol. The highest BCUT2D eigenvalue weighted by Gasteiger charge is 2.21. The number of aryl methyl sites for hydroxylation is 1. The minimum atomic E-state index is -0.384. The van der Waals surface area contributed by atoms with Gasteiger partial charge in [-0.25, -0.2) is 4.68 Å². The van der Waals surface area contributed by atoms with E-state index < -0.39 is 0 Å². The van der Waals surface area contributed by atoms with Crippen LogP contribution in [-0.4, -0.2) is 21.6 Å². The van der Waals surface area contributed by atoms with Gasteiger partial charge in [0, 0.05) is 16.4 Å². The molecule has 2 N–H and O–H groups in total. The molecule has 0 radical (unpaired) electrons. The lowest BCUT2D eigenvalue weighted by Crippen LogP contribution is -2.14. The van der Waals surface area contributed by atoms with E-state index in [0.717, 1.165) is 5.56 Å². The lowest BCUT2D eigenvalue weighted by molar-refractivity contribution is 0.0994. The number of aromatic nitrogens is 2. The van der Waals surface area contributed by atoms with Gasteiger partial charge in [0.15, 0.2) is 5.76 Å². The van der Waals surface area contributed by atoms with Crippen molar-refractivity contribution in [1.29, 1.82) is 0 Å². The zero-order chi connectivity index (χ0) is 22.7. The van der Waals surface area contributed by atoms with Crippen molar-refractivity contribution in [3.63, 3.8) is 0 Å². The van der Waals surface area contributed by atoms with Crippen LogP contribution >= 0.6 is 23.2 Å². The lowest BCUT2D eigenvalue weighted by atomic mass is 10.2. The summed E-state index contributed by atoms with van der Waals surface area (Å²) in [6, 6.07) is 17.3. The predicted molar refractivity (Wildman–Crippen MR) is 124 cm³/mol. The molecule has 2 heterocycles. The summed E-state index contributed by atoms with van der Waals surface area (Å²) in [5.74, 6) is -0.535. The molecule has 0 saturated heterocycles. The number of hydrogen-bond acceptors (Lipinski definition) is 4. The quantitative estimate of drug-likeness (QED) is 0.382. The number of anilines is 2. The molecule has 0 unspecified atom stereocenters. The second kappa shape index (κ2) is 9.30. The molecule has 0 aliphatic carbocycles. The Bertz CT molecular complexity index is 1270. The molecule has 2 aromatic carbocycles. The zero-order valence-electron chi connectivity index (χ0n) is 16.9. The maximum Gasteiger partial charge on any atom is 0.291 e. The summed E-state index contributed by atoms with van der Waals surface area (Å²) in [6.07, 6.45) is 1.43. The molecule has 2 aromatic heterocycles. The Kier molecular flexibility index (Phi) is 6.30. The van der Waals surface area contributed by atoms with Crippen LogP contribution in [0.3, 0.4) is 0 Å². The first-order valence-electron chi connectivity index (χ1n) is 9.65. The Morgan fingerprint density at radius 2 is 1.59 bits per heavy atom. The number of rotatable bonds is 6. The topological polar surface area (TPSA) is 89.2 Å². The molecule has 0 saturated carbocycles. The maximum atomic E-state index is 12.8. The highest BCUT2D eigenvalue weighted by molar-refractivity contribution is 6.34. The number of carbonyl (C=O) groups is 2. The fourth-order valence-corrected chi connectivity index (χ4v) is 3.65. The molecule has 9 heteroatoms. The smallest absolute Gasteiger partial charge is 0.291 e. The molecule has 2 amide bonds. The molecule has 7 nitrogen and oxygen atoms in total. The first-order chi connectivity index (χ1) is 15.4. The van der Waals surface area contributed by atoms with E-state index in [2.05, 4.69) is 15.7 Å². The second-order valence-electron chi connectivity index (χ2n) is 6.96. The van der Waals surface area contributed by atoms with Gasteiger partial charge < -0.3 is 15.1 Å². The van der Waals surface area contributed by atoms with E-state index in [9.17, 15) is 9.59 Å². The molecule has 4 rings (SSSR count). The van der Waals surface area contributed by atoms with Crippen LogP contribution in [0.25, 0.3) is 0 Å². The second-order valence-corrected chi connectivity index (χ2v) is 7.73. The van der Waals surface area contributed by atoms with Gasteiger partial charge in [-0.1, -0.05) is 41.4 Å². The van der Waals surface area contributed by atoms with Crippen molar-refractivity contribution in [1.82, 2.24) is 9.78 Å². The third-order valence-electron chi connectivity index (χ3n) is 4.72. The van der Waals surface area contributed by atoms with Crippen molar-refractivity contribution in [3.05, 3.63) is 99.7 Å². The molecule has 0 atom stereocenters. The van der Waals surface area contributed by atoms with Crippen LogP contribution in [0, 0.1) is 6.92 Å². The van der Waals surface area contributed by atoms with Gasteiger partial charge in [0.1, 0.15) is 5.15 Å². The Balaban J connectivity index is 1.45. The standard InChI is InChI=1S/C23H18Cl2N4O3/c1-14-20(21(25)29(28-14)13-15-5-2-3-6-18(15)24)23(31)27-17-10-8-16(9-11-17)26-22(30)19-7-4-12-32-19/h2-12H,13H2,1H3,(H,26,30)(H,27,31). The van der Waals surface area contributed by atoms with Gasteiger partial charge in [-0.15, -0.1) is 0 Å². The SMILES string of the molecule is Cc1nn(Cc2ccccc2Cl)c(Cl)c1C(=O)Nc1ccc(NC(=O)c2ccco2)cc1. The van der Waals surface area contributed by atoms with Gasteiger partial charge in [-0.3, -0.25) is 9.59 Å². The molecule has 0 spiro atoms. The number of furan rings is 1. The van der Waals surface area contributed by atoms with E-state index in [4.69, 9.17) is 27.6 Å². The predicted octanol–water partition coefficient (Wildman–Crippen LogP) is 5.64. The molecule has 162 valence electrons. The van der Waals surface area contributed by atoms with Crippen LogP contribution in [0.15, 0.2) is 71.3 Å². The van der Waals surface area contributed by atoms with Crippen LogP contribution in [0.2, 0.25) is 10.2 Å². The van der Waals surface area contributed by atoms with Crippen LogP contribution in [0.5, 0.6) is 0 Å². The van der Waals surface area contributed by atoms with E-state index in [1.54, 1.807) is 54.1 Å². The Labute approximate surface area is 193 Å². The van der Waals surface area contributed by atoms with Crippen LogP contribution < -0.4 is 10.6 Å². The monoisotopic (exact) mass is 468 g/mol. The fraction of sp³-hybridized carbons (Fsp3) is 0.0870. The number of benzene rings is 2. The summed E-state index contributed by atoms with van der Waals surface area (Å²) < 4.78 is 6.61. The van der Waals surface area contributed by atoms with E-state index in [1.807, 2.05) is 18.2 Å². The average Bonchev–Trinajstić information content (AvgIpc) is 3.40. The average molecular weight is 469 g/mol. The Hall–Kier alpha value is -3.55. The third kappa shape index (κ3) is 4.69. The number of halogens is 2. The first-order valence-corrected chi connectivity index (χ1v) is 10.4. The van der Waals surface area contributed by atoms with Gasteiger partial charge in [-0.05, 0) is 55.0 Å². The number of carbonyl (C=O) groups excluding carboxylic acids is 2. The van der Waals surface area contributed by atoms with E-state index in [1.165, 1.54) is 6.26 Å². The maximum absolute atomic E-state index is 12.8. The fourth-order valence-electron chi connectivity index (χ4n) is 3.13. The third-order valence-corrected chi connectivity index (χ3v) is 5.47. The van der Waals surface area contributed by atoms with Gasteiger partial charge in [-0.2, -0.15) is 5.10 Å². The van der Waals surface area contributed by atoms with E-state index in [-0.39, 0.29) is 28.3 Å². The van der Waals surface area contributed by atoms with Crippen molar-refractivity contribution < 1.29 is 14.0 Å². The first kappa shape index (κ1) is 21.7. The molecule has 0 aliphatic heterocycles. The van der Waals surface area contributed by atoms with Gasteiger partial charge in [0.25, 0.3) is 11.8 Å². The van der Waals surface area contributed by atoms with Gasteiger partial charge in [0.2, 0.25) is 0 Å². The van der Waals surface area contributed by atoms with Crippen molar-refractivity contribution in [2.24, 2.45) is 0 Å². The largest absolute Gasteiger partial charge is 0.459 e. The minimum Gasteiger partial charge on any atom is -0.459 e. The molecule has 0 bridgehead atoms. The van der Waals surface area contributed by atoms with Gasteiger partial charge in [0.05, 0.1) is 24.1 Å². The number of nitrogens with zero attached hydrogens (tertiary/aromatic N) is 2. The van der Waals surface area contributed by atoms with Crippen molar-refractivity contribution in [2.45, 2.75) is 13.5 Å². The van der Waals surface area contributed by atoms with Crippen LogP contribution in [0.1, 0.15) is 32.2 Å². The number of nitrogens with one attached hydrogen (secondary N) is 2. The Morgan fingerprint density at radius 3 is 2.22 bits per heavy atom. The molecule has 0 aliphatic rings. The normalized spacial score (nSPS) is 10.7. The summed E-state index contributed by atoms with van der Waals surface area (Å²) >= 11 is 12.7. The summed E-state index contributed by atoms with van der Waals surface area (Å²) in [5, 5.41) is 10.7. The summed E-state index contributed by atoms with van der Waals surface area (Å²) in [4.78, 5) is 24.9. The molecule has 32 heavy (non-hydrogen) atoms. The van der Waals surface area contributed by atoms with Crippen molar-refractivity contribution in [3.8, 4) is 0 Å². The van der Waals surface area contributed by atoms with Crippen molar-refractivity contribution in [2.75, 3.05) is 10.6 Å². The van der Waals surface area contributed by atoms with E-state index >= 15 is 0 Å². The lowest BCUT2D eigenvalue weighted by Gasteiger charge is -2.08. The summed E-state index contributed by atoms with van der Waals surface area (Å²) in [6.45, 7) is 2.06. The summed E-state index contributed by atoms with van der Waals surface area (Å²) in [7, 11) is 0. The number of hydrogen-bond donors (Lipinski definition) is 2. The highest BCUT2D eigenvalue weighted by Crippen LogP contribution is 2.25. The van der Waals surface area contributed by atoms with Crippen LogP contribution in [-0.2, 0) is 6.54 Å². The molecular formula is C23H18Cl2N4O3. The Morgan fingerprint density at radius 1 is 0.938 bits per heavy atom. The van der Waals surface area contributed by atoms with Gasteiger partial charge >= 0.3 is 0 Å². The highest BCUT2D eigenvalue weighted by atomic mass is 35.5. The van der Waals surface area contributed by atoms with Crippen molar-refractivity contribution >= 4 is 46.4 Å². The van der Waals surface area contributed by atoms with E-state index in [0.29, 0.717) is 28.6 Å². The van der Waals surface area contributed by atoms with Crippen LogP contribution in [0.4, 0.5) is 11.4 Å². The number of amides is 2. The minimum absolute atomic E-state index is 0.210. The summed E-state index contributed by atoms with van der Waals surface area (Å²) in [5.41, 5.74) is 2.74. The molecule has 0 fully saturated rings.